The Morgan fingerprint density at radius 2 is 2.05 bits per heavy atom. The Labute approximate surface area is 125 Å². The summed E-state index contributed by atoms with van der Waals surface area (Å²) in [4.78, 5) is 11.7. The number of esters is 1. The van der Waals surface area contributed by atoms with Crippen LogP contribution >= 0.6 is 0 Å². The standard InChI is InChI=1S/C14H27NO6/c1-3-9(4-2)14(19)20-6-5-15-12-7-10(17)13(18)11(8-16)21-12/h9-13,15-18H,3-8H2,1-2H3. The highest BCUT2D eigenvalue weighted by Crippen LogP contribution is 2.18. The van der Waals surface area contributed by atoms with Crippen molar-refractivity contribution in [1.82, 2.24) is 5.32 Å². The van der Waals surface area contributed by atoms with Gasteiger partial charge in [0.25, 0.3) is 0 Å². The van der Waals surface area contributed by atoms with Gasteiger partial charge in [0.15, 0.2) is 0 Å². The van der Waals surface area contributed by atoms with Crippen molar-refractivity contribution < 1.29 is 29.6 Å². The van der Waals surface area contributed by atoms with Crippen molar-refractivity contribution in [2.45, 2.75) is 57.6 Å². The van der Waals surface area contributed by atoms with E-state index in [9.17, 15) is 15.0 Å². The fourth-order valence-corrected chi connectivity index (χ4v) is 2.35. The van der Waals surface area contributed by atoms with E-state index in [2.05, 4.69) is 5.32 Å². The Kier molecular flexibility index (Phi) is 8.13. The predicted molar refractivity (Wildman–Crippen MR) is 75.4 cm³/mol. The van der Waals surface area contributed by atoms with Gasteiger partial charge in [-0.2, -0.15) is 0 Å². The first-order valence-corrected chi connectivity index (χ1v) is 7.55. The number of hydrogen-bond acceptors (Lipinski definition) is 7. The first kappa shape index (κ1) is 18.3. The summed E-state index contributed by atoms with van der Waals surface area (Å²) in [5.74, 6) is -0.262. The molecule has 0 saturated carbocycles. The summed E-state index contributed by atoms with van der Waals surface area (Å²) in [5, 5.41) is 31.3. The van der Waals surface area contributed by atoms with Gasteiger partial charge >= 0.3 is 5.97 Å². The number of aliphatic hydroxyl groups excluding tert-OH is 3. The number of ether oxygens (including phenoxy) is 2. The fraction of sp³-hybridized carbons (Fsp3) is 0.929. The Balaban J connectivity index is 2.25. The van der Waals surface area contributed by atoms with Crippen LogP contribution in [0, 0.1) is 5.92 Å². The van der Waals surface area contributed by atoms with Crippen LogP contribution in [-0.2, 0) is 14.3 Å². The van der Waals surface area contributed by atoms with Crippen LogP contribution in [0.1, 0.15) is 33.1 Å². The van der Waals surface area contributed by atoms with Gasteiger partial charge in [-0.05, 0) is 12.8 Å². The third kappa shape index (κ3) is 5.52. The molecule has 4 unspecified atom stereocenters. The zero-order chi connectivity index (χ0) is 15.8. The normalized spacial score (nSPS) is 29.6. The molecule has 0 radical (unpaired) electrons. The van der Waals surface area contributed by atoms with E-state index in [1.165, 1.54) is 0 Å². The summed E-state index contributed by atoms with van der Waals surface area (Å²) in [6, 6.07) is 0. The highest BCUT2D eigenvalue weighted by Gasteiger charge is 2.35. The van der Waals surface area contributed by atoms with Crippen molar-refractivity contribution in [1.29, 1.82) is 0 Å². The van der Waals surface area contributed by atoms with Gasteiger partial charge in [-0.3, -0.25) is 10.1 Å². The molecule has 0 aromatic heterocycles. The summed E-state index contributed by atoms with van der Waals surface area (Å²) in [6.45, 7) is 4.14. The van der Waals surface area contributed by atoms with E-state index in [0.717, 1.165) is 12.8 Å². The lowest BCUT2D eigenvalue weighted by molar-refractivity contribution is -0.187. The van der Waals surface area contributed by atoms with Crippen LogP contribution < -0.4 is 5.32 Å². The molecule has 21 heavy (non-hydrogen) atoms. The van der Waals surface area contributed by atoms with Crippen LogP contribution in [0.15, 0.2) is 0 Å². The molecule has 1 saturated heterocycles. The van der Waals surface area contributed by atoms with Gasteiger partial charge in [0, 0.05) is 13.0 Å². The van der Waals surface area contributed by atoms with Crippen molar-refractivity contribution in [2.24, 2.45) is 5.92 Å². The molecule has 7 heteroatoms. The Morgan fingerprint density at radius 3 is 2.62 bits per heavy atom. The summed E-state index contributed by atoms with van der Waals surface area (Å²) in [6.07, 6.45) is -1.57. The van der Waals surface area contributed by atoms with Crippen LogP contribution in [0.2, 0.25) is 0 Å². The van der Waals surface area contributed by atoms with E-state index >= 15 is 0 Å². The number of carbonyl (C=O) groups excluding carboxylic acids is 1. The van der Waals surface area contributed by atoms with Crippen LogP contribution in [0.5, 0.6) is 0 Å². The molecule has 0 bridgehead atoms. The smallest absolute Gasteiger partial charge is 0.308 e. The summed E-state index contributed by atoms with van der Waals surface area (Å²) in [7, 11) is 0. The molecule has 1 heterocycles. The minimum absolute atomic E-state index is 0.0633. The van der Waals surface area contributed by atoms with Gasteiger partial charge in [-0.25, -0.2) is 0 Å². The van der Waals surface area contributed by atoms with E-state index in [4.69, 9.17) is 14.6 Å². The van der Waals surface area contributed by atoms with E-state index in [1.54, 1.807) is 0 Å². The lowest BCUT2D eigenvalue weighted by Crippen LogP contribution is -2.54. The number of rotatable bonds is 8. The van der Waals surface area contributed by atoms with E-state index in [1.807, 2.05) is 13.8 Å². The maximum absolute atomic E-state index is 11.7. The maximum Gasteiger partial charge on any atom is 0.308 e. The largest absolute Gasteiger partial charge is 0.464 e. The Morgan fingerprint density at radius 1 is 1.38 bits per heavy atom. The zero-order valence-electron chi connectivity index (χ0n) is 12.7. The summed E-state index contributed by atoms with van der Waals surface area (Å²) >= 11 is 0. The topological polar surface area (TPSA) is 108 Å². The van der Waals surface area contributed by atoms with Crippen molar-refractivity contribution in [3.05, 3.63) is 0 Å². The molecule has 1 aliphatic heterocycles. The fourth-order valence-electron chi connectivity index (χ4n) is 2.35. The van der Waals surface area contributed by atoms with Crippen LogP contribution in [0.25, 0.3) is 0 Å². The number of nitrogens with one attached hydrogen (secondary N) is 1. The van der Waals surface area contributed by atoms with Gasteiger partial charge < -0.3 is 24.8 Å². The second kappa shape index (κ2) is 9.32. The zero-order valence-corrected chi connectivity index (χ0v) is 12.7. The van der Waals surface area contributed by atoms with Crippen molar-refractivity contribution in [3.63, 3.8) is 0 Å². The van der Waals surface area contributed by atoms with Crippen molar-refractivity contribution in [2.75, 3.05) is 19.8 Å². The molecule has 0 spiro atoms. The molecule has 0 amide bonds. The minimum Gasteiger partial charge on any atom is -0.464 e. The Bertz CT molecular complexity index is 310. The van der Waals surface area contributed by atoms with Gasteiger partial charge in [0.2, 0.25) is 0 Å². The molecule has 1 aliphatic rings. The first-order valence-electron chi connectivity index (χ1n) is 7.55. The van der Waals surface area contributed by atoms with Gasteiger partial charge in [-0.1, -0.05) is 13.8 Å². The predicted octanol–water partition coefficient (Wildman–Crippen LogP) is -0.615. The quantitative estimate of drug-likeness (QED) is 0.350. The molecule has 0 aliphatic carbocycles. The second-order valence-corrected chi connectivity index (χ2v) is 5.27. The van der Waals surface area contributed by atoms with Crippen molar-refractivity contribution in [3.8, 4) is 0 Å². The summed E-state index contributed by atoms with van der Waals surface area (Å²) in [5.41, 5.74) is 0. The third-order valence-electron chi connectivity index (χ3n) is 3.79. The highest BCUT2D eigenvalue weighted by molar-refractivity contribution is 5.72. The number of carbonyl (C=O) groups is 1. The van der Waals surface area contributed by atoms with Crippen LogP contribution in [0.3, 0.4) is 0 Å². The van der Waals surface area contributed by atoms with Crippen molar-refractivity contribution >= 4 is 5.97 Å². The van der Waals surface area contributed by atoms with Gasteiger partial charge in [0.05, 0.1) is 18.6 Å². The Hall–Kier alpha value is -0.730. The molecule has 0 aromatic rings. The summed E-state index contributed by atoms with van der Waals surface area (Å²) < 4.78 is 10.6. The third-order valence-corrected chi connectivity index (χ3v) is 3.79. The molecule has 4 atom stereocenters. The van der Waals surface area contributed by atoms with Gasteiger partial charge in [-0.15, -0.1) is 0 Å². The molecule has 7 nitrogen and oxygen atoms in total. The molecule has 1 rings (SSSR count). The molecular formula is C14H27NO6. The molecule has 0 aromatic carbocycles. The van der Waals surface area contributed by atoms with Crippen LogP contribution in [0.4, 0.5) is 0 Å². The number of hydrogen-bond donors (Lipinski definition) is 4. The van der Waals surface area contributed by atoms with E-state index in [0.29, 0.717) is 6.54 Å². The molecule has 1 fully saturated rings. The average Bonchev–Trinajstić information content (AvgIpc) is 2.48. The number of aliphatic hydroxyl groups is 3. The minimum atomic E-state index is -1.08. The lowest BCUT2D eigenvalue weighted by Gasteiger charge is -2.36. The van der Waals surface area contributed by atoms with E-state index in [-0.39, 0.29) is 31.5 Å². The lowest BCUT2D eigenvalue weighted by atomic mass is 10.0. The molecule has 124 valence electrons. The van der Waals surface area contributed by atoms with Crippen LogP contribution in [-0.4, -0.2) is 65.6 Å². The monoisotopic (exact) mass is 305 g/mol. The average molecular weight is 305 g/mol. The second-order valence-electron chi connectivity index (χ2n) is 5.27. The highest BCUT2D eigenvalue weighted by atomic mass is 16.5. The SMILES string of the molecule is CCC(CC)C(=O)OCCNC1CC(O)C(O)C(CO)O1. The maximum atomic E-state index is 11.7. The van der Waals surface area contributed by atoms with E-state index < -0.39 is 24.5 Å². The first-order chi connectivity index (χ1) is 10.0. The molecule has 4 N–H and O–H groups in total. The van der Waals surface area contributed by atoms with Gasteiger partial charge in [0.1, 0.15) is 25.0 Å². The molecular weight excluding hydrogens is 278 g/mol.